The van der Waals surface area contributed by atoms with E-state index in [4.69, 9.17) is 0 Å². The summed E-state index contributed by atoms with van der Waals surface area (Å²) in [6, 6.07) is 8.84. The third-order valence-corrected chi connectivity index (χ3v) is 4.41. The van der Waals surface area contributed by atoms with E-state index in [9.17, 15) is 26.7 Å². The summed E-state index contributed by atoms with van der Waals surface area (Å²) in [6.45, 7) is 2.89. The van der Waals surface area contributed by atoms with Crippen LogP contribution in [0.2, 0.25) is 0 Å². The Morgan fingerprint density at radius 1 is 1.03 bits per heavy atom. The molecule has 0 saturated carbocycles. The molecule has 1 amide bonds. The van der Waals surface area contributed by atoms with Gasteiger partial charge >= 0.3 is 12.5 Å². The van der Waals surface area contributed by atoms with E-state index in [2.05, 4.69) is 24.2 Å². The number of carbonyl (C=O) groups excluding carboxylic acids is 1. The van der Waals surface area contributed by atoms with Crippen LogP contribution >= 0.6 is 0 Å². The number of nitrogens with one attached hydrogen (secondary N) is 1. The first-order valence-corrected chi connectivity index (χ1v) is 8.80. The molecule has 0 unspecified atom stereocenters. The molecule has 0 spiro atoms. The van der Waals surface area contributed by atoms with Gasteiger partial charge in [-0.3, -0.25) is 4.79 Å². The lowest BCUT2D eigenvalue weighted by Crippen LogP contribution is -2.25. The van der Waals surface area contributed by atoms with E-state index in [1.165, 1.54) is 31.2 Å². The van der Waals surface area contributed by atoms with Crippen LogP contribution in [0.25, 0.3) is 11.1 Å². The molecule has 1 aliphatic rings. The molecule has 6 nitrogen and oxygen atoms in total. The maximum Gasteiger partial charge on any atom is 0.586 e. The van der Waals surface area contributed by atoms with Gasteiger partial charge in [0.2, 0.25) is 5.76 Å². The standard InChI is InChI=1S/C20H13F5N2O4/c1-9-7-14-15(31-20(24,25)30-14)8-13(9)11-3-5-12(6-4-11)27-18(28)16-17(19(21,22)23)29-10(2)26-16/h3-8H,1-2H3,(H,27,28). The minimum absolute atomic E-state index is 0.0847. The van der Waals surface area contributed by atoms with Crippen molar-refractivity contribution in [3.63, 3.8) is 0 Å². The van der Waals surface area contributed by atoms with Crippen LogP contribution in [-0.4, -0.2) is 17.2 Å². The predicted octanol–water partition coefficient (Wildman–Crippen LogP) is 5.55. The first kappa shape index (κ1) is 20.6. The molecule has 2 aromatic carbocycles. The fraction of sp³-hybridized carbons (Fsp3) is 0.200. The predicted molar refractivity (Wildman–Crippen MR) is 97.0 cm³/mol. The van der Waals surface area contributed by atoms with E-state index < -0.39 is 29.8 Å². The Balaban J connectivity index is 1.56. The monoisotopic (exact) mass is 440 g/mol. The van der Waals surface area contributed by atoms with Crippen molar-refractivity contribution in [2.45, 2.75) is 26.3 Å². The smallest absolute Gasteiger partial charge is 0.436 e. The van der Waals surface area contributed by atoms with Crippen molar-refractivity contribution in [3.8, 4) is 22.6 Å². The molecule has 162 valence electrons. The molecule has 0 atom stereocenters. The molecule has 0 radical (unpaired) electrons. The molecule has 1 N–H and O–H groups in total. The topological polar surface area (TPSA) is 73.6 Å². The minimum atomic E-state index is -4.87. The van der Waals surface area contributed by atoms with Crippen molar-refractivity contribution in [2.75, 3.05) is 5.32 Å². The number of aromatic nitrogens is 1. The Morgan fingerprint density at radius 3 is 2.26 bits per heavy atom. The molecule has 3 aromatic rings. The molecule has 2 heterocycles. The lowest BCUT2D eigenvalue weighted by atomic mass is 9.99. The highest BCUT2D eigenvalue weighted by molar-refractivity contribution is 6.03. The van der Waals surface area contributed by atoms with E-state index in [0.717, 1.165) is 0 Å². The van der Waals surface area contributed by atoms with Crippen LogP contribution in [0.3, 0.4) is 0 Å². The number of amides is 1. The van der Waals surface area contributed by atoms with Gasteiger partial charge in [-0.2, -0.15) is 13.2 Å². The second-order valence-corrected chi connectivity index (χ2v) is 6.72. The average molecular weight is 440 g/mol. The van der Waals surface area contributed by atoms with Gasteiger partial charge in [0.25, 0.3) is 5.91 Å². The van der Waals surface area contributed by atoms with Gasteiger partial charge in [0.05, 0.1) is 0 Å². The summed E-state index contributed by atoms with van der Waals surface area (Å²) in [6.07, 6.45) is -8.61. The normalized spacial score (nSPS) is 14.5. The highest BCUT2D eigenvalue weighted by atomic mass is 19.4. The van der Waals surface area contributed by atoms with Crippen LogP contribution in [0.4, 0.5) is 27.6 Å². The fourth-order valence-electron chi connectivity index (χ4n) is 3.11. The molecule has 0 bridgehead atoms. The zero-order valence-electron chi connectivity index (χ0n) is 15.9. The van der Waals surface area contributed by atoms with Crippen molar-refractivity contribution >= 4 is 11.6 Å². The summed E-state index contributed by atoms with van der Waals surface area (Å²) in [7, 11) is 0. The molecular formula is C20H13F5N2O4. The third-order valence-electron chi connectivity index (χ3n) is 4.41. The number of rotatable bonds is 3. The summed E-state index contributed by atoms with van der Waals surface area (Å²) in [5.41, 5.74) is 1.13. The van der Waals surface area contributed by atoms with E-state index in [1.54, 1.807) is 19.1 Å². The van der Waals surface area contributed by atoms with Crippen LogP contribution < -0.4 is 14.8 Å². The lowest BCUT2D eigenvalue weighted by molar-refractivity contribution is -0.286. The number of alkyl halides is 5. The molecule has 11 heteroatoms. The highest BCUT2D eigenvalue weighted by Gasteiger charge is 2.44. The molecule has 1 aliphatic heterocycles. The van der Waals surface area contributed by atoms with Crippen LogP contribution in [0.5, 0.6) is 11.5 Å². The number of carbonyl (C=O) groups is 1. The van der Waals surface area contributed by atoms with Gasteiger partial charge in [0, 0.05) is 12.6 Å². The van der Waals surface area contributed by atoms with Gasteiger partial charge in [-0.25, -0.2) is 4.98 Å². The summed E-state index contributed by atoms with van der Waals surface area (Å²) in [5.74, 6) is -3.07. The van der Waals surface area contributed by atoms with Gasteiger partial charge in [-0.05, 0) is 47.9 Å². The number of anilines is 1. The van der Waals surface area contributed by atoms with Crippen molar-refractivity contribution in [3.05, 3.63) is 59.3 Å². The van der Waals surface area contributed by atoms with Gasteiger partial charge in [-0.1, -0.05) is 12.1 Å². The molecule has 0 aliphatic carbocycles. The quantitative estimate of drug-likeness (QED) is 0.541. The van der Waals surface area contributed by atoms with Crippen molar-refractivity contribution in [1.29, 1.82) is 0 Å². The van der Waals surface area contributed by atoms with E-state index in [-0.39, 0.29) is 23.1 Å². The number of ether oxygens (including phenoxy) is 2. The van der Waals surface area contributed by atoms with Gasteiger partial charge in [-0.15, -0.1) is 8.78 Å². The summed E-state index contributed by atoms with van der Waals surface area (Å²) in [5, 5.41) is 2.32. The Labute approximate surface area is 171 Å². The Morgan fingerprint density at radius 2 is 1.65 bits per heavy atom. The van der Waals surface area contributed by atoms with Crippen molar-refractivity contribution in [1.82, 2.24) is 4.98 Å². The number of hydrogen-bond acceptors (Lipinski definition) is 5. The van der Waals surface area contributed by atoms with Crippen molar-refractivity contribution < 1.29 is 40.6 Å². The number of oxazole rings is 1. The zero-order valence-corrected chi connectivity index (χ0v) is 15.9. The minimum Gasteiger partial charge on any atom is -0.436 e. The van der Waals surface area contributed by atoms with Crippen LogP contribution in [0.15, 0.2) is 40.8 Å². The molecule has 0 fully saturated rings. The zero-order chi connectivity index (χ0) is 22.6. The van der Waals surface area contributed by atoms with Crippen molar-refractivity contribution in [2.24, 2.45) is 0 Å². The number of hydrogen-bond donors (Lipinski definition) is 1. The van der Waals surface area contributed by atoms with E-state index >= 15 is 0 Å². The molecule has 31 heavy (non-hydrogen) atoms. The second kappa shape index (κ2) is 6.96. The van der Waals surface area contributed by atoms with Crippen LogP contribution in [0.1, 0.15) is 27.7 Å². The molecular weight excluding hydrogens is 427 g/mol. The summed E-state index contributed by atoms with van der Waals surface area (Å²) < 4.78 is 78.9. The Hall–Kier alpha value is -3.63. The summed E-state index contributed by atoms with van der Waals surface area (Å²) in [4.78, 5) is 15.8. The highest BCUT2D eigenvalue weighted by Crippen LogP contribution is 2.44. The Bertz CT molecular complexity index is 1170. The first-order valence-electron chi connectivity index (χ1n) is 8.80. The lowest BCUT2D eigenvalue weighted by Gasteiger charge is -2.10. The number of benzene rings is 2. The first-order chi connectivity index (χ1) is 14.4. The number of nitrogens with zero attached hydrogens (tertiary/aromatic N) is 1. The summed E-state index contributed by atoms with van der Waals surface area (Å²) >= 11 is 0. The SMILES string of the molecule is Cc1nc(C(=O)Nc2ccc(-c3cc4c(cc3C)OC(F)(F)O4)cc2)c(C(F)(F)F)o1. The molecule has 0 saturated heterocycles. The van der Waals surface area contributed by atoms with Gasteiger partial charge in [0.1, 0.15) is 0 Å². The molecule has 4 rings (SSSR count). The number of fused-ring (bicyclic) bond motifs is 1. The van der Waals surface area contributed by atoms with E-state index in [1.807, 2.05) is 0 Å². The van der Waals surface area contributed by atoms with Crippen LogP contribution in [-0.2, 0) is 6.18 Å². The Kier molecular flexibility index (Phi) is 4.64. The maximum atomic E-state index is 13.3. The number of aryl methyl sites for hydroxylation is 2. The average Bonchev–Trinajstić information content (AvgIpc) is 3.20. The maximum absolute atomic E-state index is 13.3. The number of halogens is 5. The third kappa shape index (κ3) is 4.03. The fourth-order valence-corrected chi connectivity index (χ4v) is 3.11. The van der Waals surface area contributed by atoms with Crippen LogP contribution in [0, 0.1) is 13.8 Å². The second-order valence-electron chi connectivity index (χ2n) is 6.72. The largest absolute Gasteiger partial charge is 0.586 e. The van der Waals surface area contributed by atoms with Gasteiger partial charge in [0.15, 0.2) is 23.1 Å². The van der Waals surface area contributed by atoms with E-state index in [0.29, 0.717) is 16.7 Å². The molecule has 1 aromatic heterocycles. The van der Waals surface area contributed by atoms with Gasteiger partial charge < -0.3 is 19.2 Å².